The summed E-state index contributed by atoms with van der Waals surface area (Å²) in [5, 5.41) is 4.48. The van der Waals surface area contributed by atoms with Crippen molar-refractivity contribution in [3.8, 4) is 0 Å². The summed E-state index contributed by atoms with van der Waals surface area (Å²) in [6, 6.07) is 8.65. The molecule has 1 aromatic carbocycles. The Hall–Kier alpha value is -0.570. The zero-order valence-corrected chi connectivity index (χ0v) is 12.7. The van der Waals surface area contributed by atoms with Crippen molar-refractivity contribution in [2.24, 2.45) is 5.41 Å². The lowest BCUT2D eigenvalue weighted by Gasteiger charge is -2.20. The van der Waals surface area contributed by atoms with Crippen LogP contribution in [0.15, 0.2) is 24.3 Å². The van der Waals surface area contributed by atoms with Gasteiger partial charge >= 0.3 is 0 Å². The number of rotatable bonds is 8. The molecule has 2 nitrogen and oxygen atoms in total. The Morgan fingerprint density at radius 2 is 2.00 bits per heavy atom. The largest absolute Gasteiger partial charge is 0.385 e. The van der Waals surface area contributed by atoms with Gasteiger partial charge in [-0.3, -0.25) is 0 Å². The summed E-state index contributed by atoms with van der Waals surface area (Å²) in [6.45, 7) is 4.25. The predicted molar refractivity (Wildman–Crippen MR) is 80.8 cm³/mol. The highest BCUT2D eigenvalue weighted by Crippen LogP contribution is 2.48. The molecule has 1 aliphatic rings. The highest BCUT2D eigenvalue weighted by atomic mass is 35.5. The van der Waals surface area contributed by atoms with Crippen LogP contribution < -0.4 is 5.32 Å². The van der Waals surface area contributed by atoms with Crippen LogP contribution in [0.4, 0.5) is 0 Å². The van der Waals surface area contributed by atoms with Gasteiger partial charge in [0.2, 0.25) is 0 Å². The molecule has 3 heteroatoms. The number of nitrogens with one attached hydrogen (secondary N) is 1. The van der Waals surface area contributed by atoms with Gasteiger partial charge < -0.3 is 10.1 Å². The van der Waals surface area contributed by atoms with E-state index >= 15 is 0 Å². The van der Waals surface area contributed by atoms with Gasteiger partial charge in [0.1, 0.15) is 0 Å². The van der Waals surface area contributed by atoms with Crippen molar-refractivity contribution >= 4 is 11.6 Å². The van der Waals surface area contributed by atoms with Crippen LogP contribution in [0.2, 0.25) is 5.02 Å². The number of hydrogen-bond donors (Lipinski definition) is 1. The van der Waals surface area contributed by atoms with Gasteiger partial charge in [0, 0.05) is 31.3 Å². The van der Waals surface area contributed by atoms with Crippen molar-refractivity contribution < 1.29 is 4.74 Å². The zero-order valence-electron chi connectivity index (χ0n) is 11.9. The molecule has 1 fully saturated rings. The standard InChI is InChI=1S/C16H24ClNO/c1-13(11-14-3-5-15(17)6-4-14)18-12-16(7-8-16)9-10-19-2/h3-6,13,18H,7-12H2,1-2H3. The van der Waals surface area contributed by atoms with Gasteiger partial charge in [-0.25, -0.2) is 0 Å². The second kappa shape index (κ2) is 6.74. The Kier molecular flexibility index (Phi) is 5.26. The van der Waals surface area contributed by atoms with Crippen LogP contribution in [0.3, 0.4) is 0 Å². The lowest BCUT2D eigenvalue weighted by Crippen LogP contribution is -2.34. The highest BCUT2D eigenvalue weighted by molar-refractivity contribution is 6.30. The van der Waals surface area contributed by atoms with Gasteiger partial charge in [-0.1, -0.05) is 23.7 Å². The monoisotopic (exact) mass is 281 g/mol. The molecule has 2 rings (SSSR count). The molecule has 0 spiro atoms. The smallest absolute Gasteiger partial charge is 0.0468 e. The van der Waals surface area contributed by atoms with Gasteiger partial charge in [0.15, 0.2) is 0 Å². The Balaban J connectivity index is 1.72. The minimum absolute atomic E-state index is 0.501. The summed E-state index contributed by atoms with van der Waals surface area (Å²) < 4.78 is 5.19. The molecule has 106 valence electrons. The molecule has 0 bridgehead atoms. The topological polar surface area (TPSA) is 21.3 Å². The summed E-state index contributed by atoms with van der Waals surface area (Å²) in [6.07, 6.45) is 4.93. The first kappa shape index (κ1) is 14.8. The van der Waals surface area contributed by atoms with E-state index in [9.17, 15) is 0 Å². The maximum absolute atomic E-state index is 5.90. The minimum Gasteiger partial charge on any atom is -0.385 e. The van der Waals surface area contributed by atoms with Crippen molar-refractivity contribution in [1.82, 2.24) is 5.32 Å². The molecule has 1 unspecified atom stereocenters. The lowest BCUT2D eigenvalue weighted by atomic mass is 10.0. The lowest BCUT2D eigenvalue weighted by molar-refractivity contribution is 0.170. The van der Waals surface area contributed by atoms with Gasteiger partial charge in [0.05, 0.1) is 0 Å². The Morgan fingerprint density at radius 1 is 1.32 bits per heavy atom. The van der Waals surface area contributed by atoms with Crippen LogP contribution in [0.1, 0.15) is 31.7 Å². The maximum Gasteiger partial charge on any atom is 0.0468 e. The van der Waals surface area contributed by atoms with Gasteiger partial charge in [-0.05, 0) is 55.7 Å². The van der Waals surface area contributed by atoms with Crippen molar-refractivity contribution in [1.29, 1.82) is 0 Å². The normalized spacial score (nSPS) is 18.3. The first-order valence-electron chi connectivity index (χ1n) is 7.10. The molecule has 19 heavy (non-hydrogen) atoms. The summed E-state index contributed by atoms with van der Waals surface area (Å²) in [4.78, 5) is 0. The Bertz CT molecular complexity index is 386. The third-order valence-corrected chi connectivity index (χ3v) is 4.33. The molecule has 1 N–H and O–H groups in total. The van der Waals surface area contributed by atoms with Crippen molar-refractivity contribution in [2.75, 3.05) is 20.3 Å². The average Bonchev–Trinajstić information content (AvgIpc) is 3.18. The van der Waals surface area contributed by atoms with Crippen LogP contribution in [0.25, 0.3) is 0 Å². The summed E-state index contributed by atoms with van der Waals surface area (Å²) in [7, 11) is 1.78. The molecule has 0 saturated heterocycles. The molecule has 0 heterocycles. The van der Waals surface area contributed by atoms with E-state index < -0.39 is 0 Å². The molecule has 0 radical (unpaired) electrons. The Labute approximate surface area is 121 Å². The molecular formula is C16H24ClNO. The Morgan fingerprint density at radius 3 is 2.58 bits per heavy atom. The van der Waals surface area contributed by atoms with Crippen LogP contribution in [0.5, 0.6) is 0 Å². The minimum atomic E-state index is 0.501. The quantitative estimate of drug-likeness (QED) is 0.785. The second-order valence-electron chi connectivity index (χ2n) is 5.86. The predicted octanol–water partition coefficient (Wildman–Crippen LogP) is 3.68. The molecule has 0 amide bonds. The summed E-state index contributed by atoms with van der Waals surface area (Å²) in [5.74, 6) is 0. The maximum atomic E-state index is 5.90. The van der Waals surface area contributed by atoms with Crippen LogP contribution in [0, 0.1) is 5.41 Å². The molecule has 0 aromatic heterocycles. The zero-order chi connectivity index (χ0) is 13.7. The van der Waals surface area contributed by atoms with Crippen LogP contribution in [-0.4, -0.2) is 26.3 Å². The molecule has 1 aromatic rings. The van der Waals surface area contributed by atoms with Crippen molar-refractivity contribution in [3.05, 3.63) is 34.9 Å². The third-order valence-electron chi connectivity index (χ3n) is 4.07. The SMILES string of the molecule is COCCC1(CNC(C)Cc2ccc(Cl)cc2)CC1. The number of benzene rings is 1. The van der Waals surface area contributed by atoms with E-state index in [0.717, 1.165) is 24.6 Å². The van der Waals surface area contributed by atoms with Gasteiger partial charge in [-0.2, -0.15) is 0 Å². The first-order chi connectivity index (χ1) is 9.13. The first-order valence-corrected chi connectivity index (χ1v) is 7.48. The fourth-order valence-corrected chi connectivity index (χ4v) is 2.57. The second-order valence-corrected chi connectivity index (χ2v) is 6.29. The summed E-state index contributed by atoms with van der Waals surface area (Å²) in [5.41, 5.74) is 1.86. The van der Waals surface area contributed by atoms with E-state index in [1.807, 2.05) is 12.1 Å². The molecule has 1 atom stereocenters. The van der Waals surface area contributed by atoms with E-state index in [1.165, 1.54) is 24.8 Å². The highest BCUT2D eigenvalue weighted by Gasteiger charge is 2.41. The number of halogens is 1. The molecule has 1 saturated carbocycles. The van der Waals surface area contributed by atoms with E-state index in [-0.39, 0.29) is 0 Å². The van der Waals surface area contributed by atoms with Crippen LogP contribution in [-0.2, 0) is 11.2 Å². The fraction of sp³-hybridized carbons (Fsp3) is 0.625. The van der Waals surface area contributed by atoms with E-state index in [1.54, 1.807) is 7.11 Å². The van der Waals surface area contributed by atoms with Crippen molar-refractivity contribution in [3.63, 3.8) is 0 Å². The number of methoxy groups -OCH3 is 1. The summed E-state index contributed by atoms with van der Waals surface area (Å²) >= 11 is 5.90. The third kappa shape index (κ3) is 4.79. The molecule has 0 aliphatic heterocycles. The van der Waals surface area contributed by atoms with E-state index in [4.69, 9.17) is 16.3 Å². The molecular weight excluding hydrogens is 258 g/mol. The van der Waals surface area contributed by atoms with E-state index in [0.29, 0.717) is 11.5 Å². The van der Waals surface area contributed by atoms with Gasteiger partial charge in [0.25, 0.3) is 0 Å². The fourth-order valence-electron chi connectivity index (χ4n) is 2.45. The number of ether oxygens (including phenoxy) is 1. The van der Waals surface area contributed by atoms with E-state index in [2.05, 4.69) is 24.4 Å². The number of hydrogen-bond acceptors (Lipinski definition) is 2. The average molecular weight is 282 g/mol. The van der Waals surface area contributed by atoms with Crippen molar-refractivity contribution in [2.45, 2.75) is 38.6 Å². The van der Waals surface area contributed by atoms with Crippen LogP contribution >= 0.6 is 11.6 Å². The molecule has 1 aliphatic carbocycles. The van der Waals surface area contributed by atoms with Gasteiger partial charge in [-0.15, -0.1) is 0 Å².